The lowest BCUT2D eigenvalue weighted by molar-refractivity contribution is 0.470. The quantitative estimate of drug-likeness (QED) is 0.749. The summed E-state index contributed by atoms with van der Waals surface area (Å²) in [5.74, 6) is 0.989. The first kappa shape index (κ1) is 12.9. The zero-order valence-corrected chi connectivity index (χ0v) is 11.3. The van der Waals surface area contributed by atoms with Crippen LogP contribution in [0.3, 0.4) is 0 Å². The molecule has 94 valence electrons. The first-order chi connectivity index (χ1) is 8.31. The van der Waals surface area contributed by atoms with Crippen LogP contribution in [0.5, 0.6) is 0 Å². The Hall–Kier alpha value is -0.530. The van der Waals surface area contributed by atoms with Crippen LogP contribution in [0.2, 0.25) is 5.02 Å². The monoisotopic (exact) mass is 251 g/mol. The lowest BCUT2D eigenvalue weighted by Gasteiger charge is -2.20. The van der Waals surface area contributed by atoms with Crippen molar-refractivity contribution in [1.29, 1.82) is 0 Å². The summed E-state index contributed by atoms with van der Waals surface area (Å²) in [5.41, 5.74) is 1.27. The summed E-state index contributed by atoms with van der Waals surface area (Å²) in [7, 11) is 0. The Kier molecular flexibility index (Phi) is 4.87. The maximum absolute atomic E-state index is 6.29. The molecule has 0 bridgehead atoms. The van der Waals surface area contributed by atoms with Gasteiger partial charge in [-0.3, -0.25) is 0 Å². The molecule has 1 saturated carbocycles. The zero-order chi connectivity index (χ0) is 12.1. The molecule has 17 heavy (non-hydrogen) atoms. The van der Waals surface area contributed by atoms with Crippen LogP contribution in [-0.2, 0) is 0 Å². The normalized spacial score (nSPS) is 17.1. The van der Waals surface area contributed by atoms with Gasteiger partial charge in [-0.2, -0.15) is 0 Å². The van der Waals surface area contributed by atoms with Gasteiger partial charge in [-0.1, -0.05) is 49.6 Å². The first-order valence-electron chi connectivity index (χ1n) is 6.79. The van der Waals surface area contributed by atoms with Crippen molar-refractivity contribution in [3.63, 3.8) is 0 Å². The topological polar surface area (TPSA) is 12.0 Å². The van der Waals surface area contributed by atoms with Gasteiger partial charge in [0, 0.05) is 11.1 Å². The van der Waals surface area contributed by atoms with Crippen LogP contribution in [0, 0.1) is 5.92 Å². The standard InChI is InChI=1S/C15H22ClN/c1-2-11-17-15(10-9-12-7-8-12)13-5-3-4-6-14(13)16/h3-6,12,15,17H,2,7-11H2,1H3. The molecule has 1 N–H and O–H groups in total. The zero-order valence-electron chi connectivity index (χ0n) is 10.6. The molecule has 0 aromatic heterocycles. The van der Waals surface area contributed by atoms with Crippen molar-refractivity contribution >= 4 is 11.6 Å². The van der Waals surface area contributed by atoms with Crippen LogP contribution in [0.1, 0.15) is 50.6 Å². The number of halogens is 1. The molecule has 1 nitrogen and oxygen atoms in total. The molecule has 1 aliphatic rings. The fourth-order valence-corrected chi connectivity index (χ4v) is 2.52. The molecule has 0 spiro atoms. The average molecular weight is 252 g/mol. The highest BCUT2D eigenvalue weighted by Crippen LogP contribution is 2.36. The van der Waals surface area contributed by atoms with Gasteiger partial charge >= 0.3 is 0 Å². The molecule has 0 aliphatic heterocycles. The van der Waals surface area contributed by atoms with Gasteiger partial charge in [0.1, 0.15) is 0 Å². The predicted octanol–water partition coefficient (Wildman–Crippen LogP) is 4.57. The lowest BCUT2D eigenvalue weighted by atomic mass is 10.00. The van der Waals surface area contributed by atoms with Crippen molar-refractivity contribution in [3.05, 3.63) is 34.9 Å². The van der Waals surface area contributed by atoms with Crippen molar-refractivity contribution in [2.45, 2.75) is 45.1 Å². The second kappa shape index (κ2) is 6.42. The van der Waals surface area contributed by atoms with Crippen LogP contribution in [0.4, 0.5) is 0 Å². The van der Waals surface area contributed by atoms with E-state index >= 15 is 0 Å². The highest BCUT2D eigenvalue weighted by molar-refractivity contribution is 6.31. The van der Waals surface area contributed by atoms with Gasteiger partial charge in [0.25, 0.3) is 0 Å². The number of hydrogen-bond donors (Lipinski definition) is 1. The van der Waals surface area contributed by atoms with Gasteiger partial charge in [0.2, 0.25) is 0 Å². The Labute approximate surface area is 110 Å². The van der Waals surface area contributed by atoms with Crippen molar-refractivity contribution in [1.82, 2.24) is 5.32 Å². The highest BCUT2D eigenvalue weighted by Gasteiger charge is 2.23. The minimum Gasteiger partial charge on any atom is -0.310 e. The number of rotatable bonds is 7. The Bertz CT molecular complexity index is 347. The molecule has 1 unspecified atom stereocenters. The third-order valence-electron chi connectivity index (χ3n) is 3.48. The third kappa shape index (κ3) is 4.01. The average Bonchev–Trinajstić information content (AvgIpc) is 3.15. The molecule has 0 amide bonds. The van der Waals surface area contributed by atoms with Gasteiger partial charge < -0.3 is 5.32 Å². The second-order valence-electron chi connectivity index (χ2n) is 5.05. The molecule has 1 aromatic carbocycles. The minimum atomic E-state index is 0.434. The maximum atomic E-state index is 6.29. The minimum absolute atomic E-state index is 0.434. The number of benzene rings is 1. The SMILES string of the molecule is CCCNC(CCC1CC1)c1ccccc1Cl. The number of hydrogen-bond acceptors (Lipinski definition) is 1. The highest BCUT2D eigenvalue weighted by atomic mass is 35.5. The second-order valence-corrected chi connectivity index (χ2v) is 5.46. The van der Waals surface area contributed by atoms with Crippen molar-refractivity contribution in [3.8, 4) is 0 Å². The van der Waals surface area contributed by atoms with Crippen LogP contribution in [0.15, 0.2) is 24.3 Å². The van der Waals surface area contributed by atoms with E-state index in [2.05, 4.69) is 24.4 Å². The van der Waals surface area contributed by atoms with E-state index in [4.69, 9.17) is 11.6 Å². The van der Waals surface area contributed by atoms with E-state index < -0.39 is 0 Å². The Morgan fingerprint density at radius 3 is 2.76 bits per heavy atom. The Morgan fingerprint density at radius 1 is 1.35 bits per heavy atom. The summed E-state index contributed by atoms with van der Waals surface area (Å²) in [6, 6.07) is 8.67. The van der Waals surface area contributed by atoms with Gasteiger partial charge in [-0.05, 0) is 43.4 Å². The summed E-state index contributed by atoms with van der Waals surface area (Å²) >= 11 is 6.29. The smallest absolute Gasteiger partial charge is 0.0453 e. The van der Waals surface area contributed by atoms with Gasteiger partial charge in [0.15, 0.2) is 0 Å². The molecule has 0 heterocycles. The van der Waals surface area contributed by atoms with Gasteiger partial charge in [0.05, 0.1) is 0 Å². The Balaban J connectivity index is 1.99. The maximum Gasteiger partial charge on any atom is 0.0453 e. The van der Waals surface area contributed by atoms with E-state index in [1.165, 1.54) is 37.7 Å². The predicted molar refractivity (Wildman–Crippen MR) is 74.4 cm³/mol. The van der Waals surface area contributed by atoms with E-state index in [0.29, 0.717) is 6.04 Å². The van der Waals surface area contributed by atoms with E-state index in [-0.39, 0.29) is 0 Å². The summed E-state index contributed by atoms with van der Waals surface area (Å²) in [6.45, 7) is 3.28. The number of nitrogens with one attached hydrogen (secondary N) is 1. The summed E-state index contributed by atoms with van der Waals surface area (Å²) in [6.07, 6.45) is 6.59. The van der Waals surface area contributed by atoms with E-state index in [0.717, 1.165) is 17.5 Å². The molecule has 2 heteroatoms. The third-order valence-corrected chi connectivity index (χ3v) is 3.83. The molecule has 1 atom stereocenters. The van der Waals surface area contributed by atoms with Crippen molar-refractivity contribution in [2.75, 3.05) is 6.54 Å². The molecule has 1 fully saturated rings. The summed E-state index contributed by atoms with van der Waals surface area (Å²) in [5, 5.41) is 4.53. The van der Waals surface area contributed by atoms with Crippen molar-refractivity contribution in [2.24, 2.45) is 5.92 Å². The van der Waals surface area contributed by atoms with Crippen molar-refractivity contribution < 1.29 is 0 Å². The molecule has 0 radical (unpaired) electrons. The van der Waals surface area contributed by atoms with Crippen LogP contribution in [-0.4, -0.2) is 6.54 Å². The summed E-state index contributed by atoms with van der Waals surface area (Å²) < 4.78 is 0. The van der Waals surface area contributed by atoms with Crippen LogP contribution >= 0.6 is 11.6 Å². The molecule has 1 aliphatic carbocycles. The largest absolute Gasteiger partial charge is 0.310 e. The molecular weight excluding hydrogens is 230 g/mol. The molecule has 0 saturated heterocycles. The van der Waals surface area contributed by atoms with E-state index in [1.807, 2.05) is 12.1 Å². The van der Waals surface area contributed by atoms with Gasteiger partial charge in [-0.25, -0.2) is 0 Å². The van der Waals surface area contributed by atoms with Crippen LogP contribution in [0.25, 0.3) is 0 Å². The Morgan fingerprint density at radius 2 is 2.12 bits per heavy atom. The van der Waals surface area contributed by atoms with E-state index in [1.54, 1.807) is 0 Å². The molecule has 2 rings (SSSR count). The first-order valence-corrected chi connectivity index (χ1v) is 7.17. The summed E-state index contributed by atoms with van der Waals surface area (Å²) in [4.78, 5) is 0. The molecule has 1 aromatic rings. The fourth-order valence-electron chi connectivity index (χ4n) is 2.25. The lowest BCUT2D eigenvalue weighted by Crippen LogP contribution is -2.22. The van der Waals surface area contributed by atoms with E-state index in [9.17, 15) is 0 Å². The fraction of sp³-hybridized carbons (Fsp3) is 0.600. The van der Waals surface area contributed by atoms with Crippen LogP contribution < -0.4 is 5.32 Å². The molecular formula is C15H22ClN. The van der Waals surface area contributed by atoms with Gasteiger partial charge in [-0.15, -0.1) is 0 Å².